The molecular formula is C15H27N. The summed E-state index contributed by atoms with van der Waals surface area (Å²) in [5, 5.41) is 3.73. The molecule has 2 rings (SSSR count). The van der Waals surface area contributed by atoms with Crippen molar-refractivity contribution < 1.29 is 0 Å². The summed E-state index contributed by atoms with van der Waals surface area (Å²) in [7, 11) is 0. The van der Waals surface area contributed by atoms with E-state index < -0.39 is 0 Å². The minimum atomic E-state index is 0.775. The standard InChI is InChI=1S/C15H27N/c1-2-16-15(14-10-6-7-11-14)12-13-8-4-3-5-9-13/h8,14-16H,2-7,9-12H2,1H3. The maximum absolute atomic E-state index is 3.73. The average Bonchev–Trinajstić information content (AvgIpc) is 2.83. The molecule has 0 aliphatic heterocycles. The molecule has 0 aromatic heterocycles. The summed E-state index contributed by atoms with van der Waals surface area (Å²) in [6.07, 6.45) is 15.2. The molecule has 2 aliphatic rings. The SMILES string of the molecule is CCNC(CC1=CCCCC1)C1CCCC1. The molecule has 1 heteroatoms. The van der Waals surface area contributed by atoms with E-state index in [2.05, 4.69) is 18.3 Å². The second-order valence-corrected chi connectivity index (χ2v) is 5.52. The summed E-state index contributed by atoms with van der Waals surface area (Å²) in [4.78, 5) is 0. The van der Waals surface area contributed by atoms with Crippen LogP contribution >= 0.6 is 0 Å². The van der Waals surface area contributed by atoms with E-state index in [9.17, 15) is 0 Å². The molecule has 1 nitrogen and oxygen atoms in total. The third-order valence-corrected chi connectivity index (χ3v) is 4.30. The molecule has 0 saturated heterocycles. The minimum Gasteiger partial charge on any atom is -0.314 e. The Morgan fingerprint density at radius 1 is 1.25 bits per heavy atom. The normalized spacial score (nSPS) is 24.4. The fourth-order valence-corrected chi connectivity index (χ4v) is 3.40. The first-order valence-electron chi connectivity index (χ1n) is 7.31. The van der Waals surface area contributed by atoms with Crippen molar-refractivity contribution in [3.8, 4) is 0 Å². The first-order chi connectivity index (χ1) is 7.90. The summed E-state index contributed by atoms with van der Waals surface area (Å²) in [6.45, 7) is 3.38. The van der Waals surface area contributed by atoms with Gasteiger partial charge in [-0.3, -0.25) is 0 Å². The van der Waals surface area contributed by atoms with E-state index in [1.807, 2.05) is 0 Å². The first-order valence-corrected chi connectivity index (χ1v) is 7.31. The van der Waals surface area contributed by atoms with E-state index in [0.29, 0.717) is 0 Å². The van der Waals surface area contributed by atoms with E-state index in [4.69, 9.17) is 0 Å². The van der Waals surface area contributed by atoms with Crippen LogP contribution in [0.4, 0.5) is 0 Å². The Balaban J connectivity index is 1.88. The largest absolute Gasteiger partial charge is 0.314 e. The highest BCUT2D eigenvalue weighted by atomic mass is 14.9. The van der Waals surface area contributed by atoms with Gasteiger partial charge in [0.05, 0.1) is 0 Å². The molecule has 92 valence electrons. The summed E-state index contributed by atoms with van der Waals surface area (Å²) in [5.74, 6) is 0.961. The Labute approximate surface area is 101 Å². The molecule has 1 fully saturated rings. The fraction of sp³-hybridized carbons (Fsp3) is 0.867. The van der Waals surface area contributed by atoms with E-state index >= 15 is 0 Å². The zero-order valence-corrected chi connectivity index (χ0v) is 10.8. The van der Waals surface area contributed by atoms with Gasteiger partial charge in [-0.05, 0) is 57.4 Å². The Bertz CT molecular complexity index is 226. The molecule has 0 amide bonds. The highest BCUT2D eigenvalue weighted by Crippen LogP contribution is 2.32. The Kier molecular flexibility index (Phi) is 4.90. The molecule has 0 bridgehead atoms. The Morgan fingerprint density at radius 3 is 2.69 bits per heavy atom. The van der Waals surface area contributed by atoms with Crippen LogP contribution in [0.15, 0.2) is 11.6 Å². The van der Waals surface area contributed by atoms with Crippen LogP contribution < -0.4 is 5.32 Å². The Morgan fingerprint density at radius 2 is 2.06 bits per heavy atom. The van der Waals surface area contributed by atoms with Crippen molar-refractivity contribution in [1.82, 2.24) is 5.32 Å². The van der Waals surface area contributed by atoms with Gasteiger partial charge in [0.25, 0.3) is 0 Å². The van der Waals surface area contributed by atoms with Crippen molar-refractivity contribution in [2.75, 3.05) is 6.54 Å². The van der Waals surface area contributed by atoms with Gasteiger partial charge in [0, 0.05) is 6.04 Å². The van der Waals surface area contributed by atoms with Crippen LogP contribution in [0, 0.1) is 5.92 Å². The van der Waals surface area contributed by atoms with E-state index in [0.717, 1.165) is 18.5 Å². The first kappa shape index (κ1) is 12.2. The van der Waals surface area contributed by atoms with Gasteiger partial charge in [-0.1, -0.05) is 31.4 Å². The van der Waals surface area contributed by atoms with Crippen LogP contribution in [-0.2, 0) is 0 Å². The molecule has 1 unspecified atom stereocenters. The van der Waals surface area contributed by atoms with E-state index in [1.165, 1.54) is 57.8 Å². The van der Waals surface area contributed by atoms with E-state index in [1.54, 1.807) is 5.57 Å². The van der Waals surface area contributed by atoms with Crippen LogP contribution in [0.2, 0.25) is 0 Å². The smallest absolute Gasteiger partial charge is 0.0132 e. The lowest BCUT2D eigenvalue weighted by atomic mass is 9.88. The number of hydrogen-bond donors (Lipinski definition) is 1. The number of rotatable bonds is 5. The summed E-state index contributed by atoms with van der Waals surface area (Å²) in [5.41, 5.74) is 1.74. The van der Waals surface area contributed by atoms with Gasteiger partial charge < -0.3 is 5.32 Å². The maximum atomic E-state index is 3.73. The second kappa shape index (κ2) is 6.44. The molecule has 1 saturated carbocycles. The molecule has 0 radical (unpaired) electrons. The van der Waals surface area contributed by atoms with Gasteiger partial charge >= 0.3 is 0 Å². The zero-order valence-electron chi connectivity index (χ0n) is 10.8. The van der Waals surface area contributed by atoms with Crippen molar-refractivity contribution in [2.45, 2.75) is 70.8 Å². The van der Waals surface area contributed by atoms with Gasteiger partial charge in [0.1, 0.15) is 0 Å². The summed E-state index contributed by atoms with van der Waals surface area (Å²) in [6, 6.07) is 0.775. The highest BCUT2D eigenvalue weighted by Gasteiger charge is 2.25. The molecule has 0 heterocycles. The number of nitrogens with one attached hydrogen (secondary N) is 1. The predicted octanol–water partition coefficient (Wildman–Crippen LogP) is 4.05. The lowest BCUT2D eigenvalue weighted by Crippen LogP contribution is -2.35. The van der Waals surface area contributed by atoms with E-state index in [-0.39, 0.29) is 0 Å². The Hall–Kier alpha value is -0.300. The topological polar surface area (TPSA) is 12.0 Å². The van der Waals surface area contributed by atoms with Crippen LogP contribution in [0.3, 0.4) is 0 Å². The van der Waals surface area contributed by atoms with Crippen LogP contribution in [0.1, 0.15) is 64.7 Å². The molecule has 2 aliphatic carbocycles. The van der Waals surface area contributed by atoms with Gasteiger partial charge in [-0.25, -0.2) is 0 Å². The third kappa shape index (κ3) is 3.35. The minimum absolute atomic E-state index is 0.775. The van der Waals surface area contributed by atoms with Crippen molar-refractivity contribution in [3.05, 3.63) is 11.6 Å². The van der Waals surface area contributed by atoms with Crippen LogP contribution in [-0.4, -0.2) is 12.6 Å². The number of hydrogen-bond acceptors (Lipinski definition) is 1. The fourth-order valence-electron chi connectivity index (χ4n) is 3.40. The van der Waals surface area contributed by atoms with Gasteiger partial charge in [0.15, 0.2) is 0 Å². The summed E-state index contributed by atoms with van der Waals surface area (Å²) >= 11 is 0. The maximum Gasteiger partial charge on any atom is 0.0132 e. The van der Waals surface area contributed by atoms with Crippen LogP contribution in [0.25, 0.3) is 0 Å². The van der Waals surface area contributed by atoms with Crippen LogP contribution in [0.5, 0.6) is 0 Å². The molecule has 16 heavy (non-hydrogen) atoms. The predicted molar refractivity (Wildman–Crippen MR) is 70.6 cm³/mol. The third-order valence-electron chi connectivity index (χ3n) is 4.30. The quantitative estimate of drug-likeness (QED) is 0.691. The lowest BCUT2D eigenvalue weighted by molar-refractivity contribution is 0.357. The van der Waals surface area contributed by atoms with Crippen molar-refractivity contribution in [2.24, 2.45) is 5.92 Å². The monoisotopic (exact) mass is 221 g/mol. The lowest BCUT2D eigenvalue weighted by Gasteiger charge is -2.26. The van der Waals surface area contributed by atoms with Gasteiger partial charge in [-0.2, -0.15) is 0 Å². The molecule has 0 aromatic carbocycles. The van der Waals surface area contributed by atoms with Crippen molar-refractivity contribution in [3.63, 3.8) is 0 Å². The van der Waals surface area contributed by atoms with Gasteiger partial charge in [0.2, 0.25) is 0 Å². The molecule has 1 N–H and O–H groups in total. The average molecular weight is 221 g/mol. The molecular weight excluding hydrogens is 194 g/mol. The summed E-state index contributed by atoms with van der Waals surface area (Å²) < 4.78 is 0. The molecule has 0 spiro atoms. The number of allylic oxidation sites excluding steroid dienone is 1. The highest BCUT2D eigenvalue weighted by molar-refractivity contribution is 5.08. The molecule has 0 aromatic rings. The zero-order chi connectivity index (χ0) is 11.2. The molecule has 1 atom stereocenters. The van der Waals surface area contributed by atoms with Crippen molar-refractivity contribution in [1.29, 1.82) is 0 Å². The van der Waals surface area contributed by atoms with Crippen molar-refractivity contribution >= 4 is 0 Å². The second-order valence-electron chi connectivity index (χ2n) is 5.52. The van der Waals surface area contributed by atoms with Gasteiger partial charge in [-0.15, -0.1) is 0 Å².